The van der Waals surface area contributed by atoms with Crippen molar-refractivity contribution in [3.05, 3.63) is 65.0 Å². The Kier molecular flexibility index (Phi) is 11.5. The van der Waals surface area contributed by atoms with E-state index >= 15 is 0 Å². The number of methoxy groups -OCH3 is 2. The SMILES string of the molecule is CCNC(=NCc1ccc(F)c(COC)c1)NCCc1ccccc1OC.I. The largest absolute Gasteiger partial charge is 0.496 e. The van der Waals surface area contributed by atoms with Gasteiger partial charge in [-0.1, -0.05) is 24.3 Å². The number of aliphatic imine (C=N–C) groups is 1. The van der Waals surface area contributed by atoms with Crippen molar-refractivity contribution in [1.29, 1.82) is 0 Å². The van der Waals surface area contributed by atoms with Crippen molar-refractivity contribution >= 4 is 29.9 Å². The minimum absolute atomic E-state index is 0. The van der Waals surface area contributed by atoms with Crippen molar-refractivity contribution in [1.82, 2.24) is 10.6 Å². The van der Waals surface area contributed by atoms with E-state index in [2.05, 4.69) is 21.7 Å². The van der Waals surface area contributed by atoms with Crippen molar-refractivity contribution < 1.29 is 13.9 Å². The van der Waals surface area contributed by atoms with Gasteiger partial charge in [-0.25, -0.2) is 9.38 Å². The highest BCUT2D eigenvalue weighted by atomic mass is 127. The van der Waals surface area contributed by atoms with Crippen LogP contribution < -0.4 is 15.4 Å². The van der Waals surface area contributed by atoms with Crippen LogP contribution in [0.25, 0.3) is 0 Å². The first-order valence-electron chi connectivity index (χ1n) is 9.08. The molecule has 0 atom stereocenters. The zero-order valence-electron chi connectivity index (χ0n) is 16.6. The molecule has 0 saturated carbocycles. The normalized spacial score (nSPS) is 10.9. The number of halogens is 2. The van der Waals surface area contributed by atoms with Gasteiger partial charge in [0, 0.05) is 25.8 Å². The van der Waals surface area contributed by atoms with Crippen molar-refractivity contribution in [3.63, 3.8) is 0 Å². The van der Waals surface area contributed by atoms with Gasteiger partial charge >= 0.3 is 0 Å². The van der Waals surface area contributed by atoms with Crippen LogP contribution in [0.15, 0.2) is 47.5 Å². The Bertz CT molecular complexity index is 756. The van der Waals surface area contributed by atoms with E-state index in [0.29, 0.717) is 12.1 Å². The number of para-hydroxylation sites is 1. The van der Waals surface area contributed by atoms with Gasteiger partial charge in [-0.2, -0.15) is 0 Å². The Balaban J connectivity index is 0.00000392. The molecule has 2 rings (SSSR count). The predicted octanol–water partition coefficient (Wildman–Crippen LogP) is 3.90. The van der Waals surface area contributed by atoms with Crippen LogP contribution in [0.3, 0.4) is 0 Å². The first-order valence-corrected chi connectivity index (χ1v) is 9.08. The third-order valence-electron chi connectivity index (χ3n) is 4.05. The number of hydrogen-bond acceptors (Lipinski definition) is 3. The smallest absolute Gasteiger partial charge is 0.191 e. The van der Waals surface area contributed by atoms with Gasteiger partial charge in [0.15, 0.2) is 5.96 Å². The van der Waals surface area contributed by atoms with Gasteiger partial charge in [-0.3, -0.25) is 0 Å². The number of nitrogens with zero attached hydrogens (tertiary/aromatic N) is 1. The summed E-state index contributed by atoms with van der Waals surface area (Å²) in [6, 6.07) is 13.0. The lowest BCUT2D eigenvalue weighted by Gasteiger charge is -2.13. The fourth-order valence-corrected chi connectivity index (χ4v) is 2.73. The highest BCUT2D eigenvalue weighted by Crippen LogP contribution is 2.17. The number of nitrogens with one attached hydrogen (secondary N) is 2. The Morgan fingerprint density at radius 2 is 1.86 bits per heavy atom. The van der Waals surface area contributed by atoms with E-state index in [1.807, 2.05) is 25.1 Å². The minimum Gasteiger partial charge on any atom is -0.496 e. The van der Waals surface area contributed by atoms with E-state index in [1.54, 1.807) is 26.4 Å². The van der Waals surface area contributed by atoms with Gasteiger partial charge in [-0.05, 0) is 42.7 Å². The van der Waals surface area contributed by atoms with E-state index in [-0.39, 0.29) is 36.4 Å². The molecule has 0 heterocycles. The molecule has 0 aromatic heterocycles. The molecule has 0 fully saturated rings. The maximum atomic E-state index is 13.7. The molecule has 154 valence electrons. The van der Waals surface area contributed by atoms with E-state index in [0.717, 1.165) is 42.3 Å². The number of rotatable bonds is 9. The molecule has 0 aliphatic heterocycles. The Morgan fingerprint density at radius 3 is 2.57 bits per heavy atom. The molecule has 0 aliphatic rings. The molecule has 2 aromatic rings. The summed E-state index contributed by atoms with van der Waals surface area (Å²) in [6.45, 7) is 4.22. The minimum atomic E-state index is -0.258. The molecule has 28 heavy (non-hydrogen) atoms. The van der Waals surface area contributed by atoms with E-state index in [1.165, 1.54) is 6.07 Å². The summed E-state index contributed by atoms with van der Waals surface area (Å²) in [6.07, 6.45) is 0.822. The molecule has 2 aromatic carbocycles. The van der Waals surface area contributed by atoms with E-state index in [4.69, 9.17) is 9.47 Å². The summed E-state index contributed by atoms with van der Waals surface area (Å²) in [5.74, 6) is 1.36. The van der Waals surface area contributed by atoms with Gasteiger partial charge in [0.05, 0.1) is 20.3 Å². The molecule has 0 saturated heterocycles. The molecule has 0 aliphatic carbocycles. The topological polar surface area (TPSA) is 54.9 Å². The summed E-state index contributed by atoms with van der Waals surface area (Å²) >= 11 is 0. The average molecular weight is 501 g/mol. The monoisotopic (exact) mass is 501 g/mol. The van der Waals surface area contributed by atoms with E-state index in [9.17, 15) is 4.39 Å². The zero-order chi connectivity index (χ0) is 19.5. The van der Waals surface area contributed by atoms with Crippen LogP contribution in [0.2, 0.25) is 0 Å². The summed E-state index contributed by atoms with van der Waals surface area (Å²) < 4.78 is 24.1. The Hall–Kier alpha value is -1.87. The highest BCUT2D eigenvalue weighted by molar-refractivity contribution is 14.0. The van der Waals surface area contributed by atoms with Crippen LogP contribution in [0.1, 0.15) is 23.6 Å². The molecule has 0 unspecified atom stereocenters. The molecule has 0 spiro atoms. The van der Waals surface area contributed by atoms with Crippen molar-refractivity contribution in [2.75, 3.05) is 27.3 Å². The summed E-state index contributed by atoms with van der Waals surface area (Å²) in [5, 5.41) is 6.55. The third-order valence-corrected chi connectivity index (χ3v) is 4.05. The first-order chi connectivity index (χ1) is 13.2. The molecule has 0 bridgehead atoms. The molecule has 2 N–H and O–H groups in total. The fourth-order valence-electron chi connectivity index (χ4n) is 2.73. The van der Waals surface area contributed by atoms with Crippen LogP contribution in [0, 0.1) is 5.82 Å². The molecule has 7 heteroatoms. The second-order valence-corrected chi connectivity index (χ2v) is 6.04. The molecule has 0 radical (unpaired) electrons. The van der Waals surface area contributed by atoms with Crippen LogP contribution in [-0.4, -0.2) is 33.3 Å². The summed E-state index contributed by atoms with van der Waals surface area (Å²) in [7, 11) is 3.23. The maximum absolute atomic E-state index is 13.7. The number of ether oxygens (including phenoxy) is 2. The quantitative estimate of drug-likeness (QED) is 0.311. The van der Waals surface area contributed by atoms with Gasteiger partial charge in [0.1, 0.15) is 11.6 Å². The van der Waals surface area contributed by atoms with Gasteiger partial charge < -0.3 is 20.1 Å². The Morgan fingerprint density at radius 1 is 1.07 bits per heavy atom. The molecular formula is C21H29FIN3O2. The first kappa shape index (κ1) is 24.2. The van der Waals surface area contributed by atoms with Gasteiger partial charge in [0.25, 0.3) is 0 Å². The predicted molar refractivity (Wildman–Crippen MR) is 122 cm³/mol. The fraction of sp³-hybridized carbons (Fsp3) is 0.381. The van der Waals surface area contributed by atoms with Crippen LogP contribution in [-0.2, 0) is 24.3 Å². The van der Waals surface area contributed by atoms with Crippen molar-refractivity contribution in [2.24, 2.45) is 4.99 Å². The average Bonchev–Trinajstić information content (AvgIpc) is 2.69. The van der Waals surface area contributed by atoms with Crippen LogP contribution in [0.4, 0.5) is 4.39 Å². The number of hydrogen-bond donors (Lipinski definition) is 2. The number of guanidine groups is 1. The molecule has 0 amide bonds. The van der Waals surface area contributed by atoms with Gasteiger partial charge in [0.2, 0.25) is 0 Å². The van der Waals surface area contributed by atoms with Crippen molar-refractivity contribution in [3.8, 4) is 5.75 Å². The van der Waals surface area contributed by atoms with Gasteiger partial charge in [-0.15, -0.1) is 24.0 Å². The lowest BCUT2D eigenvalue weighted by atomic mass is 10.1. The molecule has 5 nitrogen and oxygen atoms in total. The second-order valence-electron chi connectivity index (χ2n) is 6.04. The lowest BCUT2D eigenvalue weighted by molar-refractivity contribution is 0.181. The summed E-state index contributed by atoms with van der Waals surface area (Å²) in [5.41, 5.74) is 2.62. The van der Waals surface area contributed by atoms with Crippen LogP contribution in [0.5, 0.6) is 5.75 Å². The Labute approximate surface area is 183 Å². The van der Waals surface area contributed by atoms with Crippen LogP contribution >= 0.6 is 24.0 Å². The second kappa shape index (κ2) is 13.3. The summed E-state index contributed by atoms with van der Waals surface area (Å²) in [4.78, 5) is 4.59. The zero-order valence-corrected chi connectivity index (χ0v) is 19.0. The lowest BCUT2D eigenvalue weighted by Crippen LogP contribution is -2.38. The van der Waals surface area contributed by atoms with Crippen molar-refractivity contribution in [2.45, 2.75) is 26.5 Å². The maximum Gasteiger partial charge on any atom is 0.191 e. The van der Waals surface area contributed by atoms with E-state index < -0.39 is 0 Å². The molecular weight excluding hydrogens is 472 g/mol. The third kappa shape index (κ3) is 7.63. The standard InChI is InChI=1S/C21H28FN3O2.HI/c1-4-23-21(24-12-11-17-7-5-6-8-20(17)27-3)25-14-16-9-10-19(22)18(13-16)15-26-2;/h5-10,13H,4,11-12,14-15H2,1-3H3,(H2,23,24,25);1H. The number of benzene rings is 2. The highest BCUT2D eigenvalue weighted by Gasteiger charge is 2.05.